The molecule has 2 aromatic heterocycles. The van der Waals surface area contributed by atoms with Gasteiger partial charge in [0.15, 0.2) is 12.4 Å². The topological polar surface area (TPSA) is 104 Å². The van der Waals surface area contributed by atoms with Crippen LogP contribution >= 0.6 is 0 Å². The zero-order valence-corrected chi connectivity index (χ0v) is 14.6. The number of nitrogens with one attached hydrogen (secondary N) is 1. The maximum atomic E-state index is 12.0. The van der Waals surface area contributed by atoms with Crippen molar-refractivity contribution in [2.24, 2.45) is 0 Å². The van der Waals surface area contributed by atoms with Gasteiger partial charge in [0.25, 0.3) is 5.91 Å². The lowest BCUT2D eigenvalue weighted by Crippen LogP contribution is -2.41. The molecule has 3 rings (SSSR count). The molecule has 0 saturated carbocycles. The van der Waals surface area contributed by atoms with Crippen LogP contribution in [0.15, 0.2) is 63.7 Å². The fraction of sp³-hybridized carbons (Fsp3) is 0.211. The highest BCUT2D eigenvalue weighted by Crippen LogP contribution is 2.20. The lowest BCUT2D eigenvalue weighted by molar-refractivity contribution is -0.148. The van der Waals surface area contributed by atoms with E-state index in [1.165, 1.54) is 13.2 Å². The Morgan fingerprint density at radius 2 is 1.96 bits per heavy atom. The van der Waals surface area contributed by atoms with Gasteiger partial charge < -0.3 is 23.7 Å². The summed E-state index contributed by atoms with van der Waals surface area (Å²) in [7, 11) is 0. The van der Waals surface area contributed by atoms with Crippen molar-refractivity contribution in [2.45, 2.75) is 19.6 Å². The van der Waals surface area contributed by atoms with E-state index in [4.69, 9.17) is 18.4 Å². The van der Waals surface area contributed by atoms with Crippen molar-refractivity contribution < 1.29 is 28.0 Å². The maximum Gasteiger partial charge on any atom is 0.328 e. The van der Waals surface area contributed by atoms with Crippen LogP contribution in [0.1, 0.15) is 12.6 Å². The number of esters is 1. The molecule has 0 fully saturated rings. The first kappa shape index (κ1) is 18.2. The second-order valence-corrected chi connectivity index (χ2v) is 5.66. The Balaban J connectivity index is 1.41. The third-order valence-electron chi connectivity index (χ3n) is 3.53. The van der Waals surface area contributed by atoms with Gasteiger partial charge in [-0.25, -0.2) is 4.79 Å². The zero-order chi connectivity index (χ0) is 19.1. The third-order valence-corrected chi connectivity index (χ3v) is 3.53. The first-order chi connectivity index (χ1) is 13.1. The molecule has 0 spiro atoms. The molecule has 0 saturated heterocycles. The highest BCUT2D eigenvalue weighted by atomic mass is 16.5. The van der Waals surface area contributed by atoms with Crippen LogP contribution in [-0.4, -0.2) is 29.7 Å². The number of hydrogen-bond acceptors (Lipinski definition) is 7. The van der Waals surface area contributed by atoms with Crippen LogP contribution in [-0.2, 0) is 20.9 Å². The highest BCUT2D eigenvalue weighted by Gasteiger charge is 2.18. The summed E-state index contributed by atoms with van der Waals surface area (Å²) in [6.45, 7) is 1.25. The van der Waals surface area contributed by atoms with Crippen LogP contribution in [0.4, 0.5) is 0 Å². The standard InChI is InChI=1S/C19H18N2O6/c1-13(20-18(22)12-25-15-6-3-2-4-7-15)19(23)26-11-14-10-17(27-21-14)16-8-5-9-24-16/h2-10,13H,11-12H2,1H3,(H,20,22)/t13-/m0/s1. The summed E-state index contributed by atoms with van der Waals surface area (Å²) in [6.07, 6.45) is 1.52. The molecule has 8 nitrogen and oxygen atoms in total. The first-order valence-electron chi connectivity index (χ1n) is 8.25. The van der Waals surface area contributed by atoms with E-state index in [9.17, 15) is 9.59 Å². The summed E-state index contributed by atoms with van der Waals surface area (Å²) < 4.78 is 20.8. The van der Waals surface area contributed by atoms with E-state index in [0.717, 1.165) is 0 Å². The molecule has 1 aromatic carbocycles. The van der Waals surface area contributed by atoms with E-state index >= 15 is 0 Å². The fourth-order valence-corrected chi connectivity index (χ4v) is 2.19. The van der Waals surface area contributed by atoms with Crippen LogP contribution < -0.4 is 10.1 Å². The predicted molar refractivity (Wildman–Crippen MR) is 93.5 cm³/mol. The Labute approximate surface area is 155 Å². The van der Waals surface area contributed by atoms with Crippen molar-refractivity contribution in [1.82, 2.24) is 10.5 Å². The number of nitrogens with zero attached hydrogens (tertiary/aromatic N) is 1. The monoisotopic (exact) mass is 370 g/mol. The van der Waals surface area contributed by atoms with Gasteiger partial charge in [-0.05, 0) is 31.2 Å². The van der Waals surface area contributed by atoms with Gasteiger partial charge in [0, 0.05) is 6.07 Å². The molecule has 1 atom stereocenters. The van der Waals surface area contributed by atoms with Crippen molar-refractivity contribution in [3.8, 4) is 17.3 Å². The highest BCUT2D eigenvalue weighted by molar-refractivity contribution is 5.84. The molecule has 0 radical (unpaired) electrons. The number of carbonyl (C=O) groups is 2. The molecule has 0 bridgehead atoms. The molecule has 140 valence electrons. The summed E-state index contributed by atoms with van der Waals surface area (Å²) in [6, 6.07) is 13.2. The fourth-order valence-electron chi connectivity index (χ4n) is 2.19. The van der Waals surface area contributed by atoms with Crippen LogP contribution in [0.3, 0.4) is 0 Å². The van der Waals surface area contributed by atoms with E-state index in [1.807, 2.05) is 6.07 Å². The summed E-state index contributed by atoms with van der Waals surface area (Å²) in [5.41, 5.74) is 0.431. The van der Waals surface area contributed by atoms with Crippen molar-refractivity contribution in [3.05, 3.63) is 60.5 Å². The van der Waals surface area contributed by atoms with Crippen molar-refractivity contribution >= 4 is 11.9 Å². The van der Waals surface area contributed by atoms with Crippen LogP contribution in [0.5, 0.6) is 5.75 Å². The number of carbonyl (C=O) groups excluding carboxylic acids is 2. The zero-order valence-electron chi connectivity index (χ0n) is 14.6. The normalized spacial score (nSPS) is 11.6. The number of para-hydroxylation sites is 1. The summed E-state index contributed by atoms with van der Waals surface area (Å²) >= 11 is 0. The van der Waals surface area contributed by atoms with E-state index in [-0.39, 0.29) is 13.2 Å². The summed E-state index contributed by atoms with van der Waals surface area (Å²) in [4.78, 5) is 23.9. The summed E-state index contributed by atoms with van der Waals surface area (Å²) in [5, 5.41) is 6.32. The van der Waals surface area contributed by atoms with Gasteiger partial charge in [-0.3, -0.25) is 4.79 Å². The first-order valence-corrected chi connectivity index (χ1v) is 8.25. The van der Waals surface area contributed by atoms with Gasteiger partial charge in [0.1, 0.15) is 24.1 Å². The molecular formula is C19H18N2O6. The van der Waals surface area contributed by atoms with Gasteiger partial charge in [0.05, 0.1) is 6.26 Å². The molecule has 27 heavy (non-hydrogen) atoms. The van der Waals surface area contributed by atoms with Crippen molar-refractivity contribution in [3.63, 3.8) is 0 Å². The Hall–Kier alpha value is -3.55. The van der Waals surface area contributed by atoms with Gasteiger partial charge >= 0.3 is 5.97 Å². The molecule has 0 aliphatic rings. The largest absolute Gasteiger partial charge is 0.484 e. The van der Waals surface area contributed by atoms with Crippen LogP contribution in [0.25, 0.3) is 11.5 Å². The van der Waals surface area contributed by atoms with Gasteiger partial charge in [-0.15, -0.1) is 0 Å². The van der Waals surface area contributed by atoms with Gasteiger partial charge in [-0.1, -0.05) is 23.4 Å². The van der Waals surface area contributed by atoms with E-state index in [1.54, 1.807) is 42.5 Å². The van der Waals surface area contributed by atoms with E-state index in [0.29, 0.717) is 23.0 Å². The van der Waals surface area contributed by atoms with Gasteiger partial charge in [-0.2, -0.15) is 0 Å². The lowest BCUT2D eigenvalue weighted by Gasteiger charge is -2.13. The maximum absolute atomic E-state index is 12.0. The second-order valence-electron chi connectivity index (χ2n) is 5.66. The number of hydrogen-bond donors (Lipinski definition) is 1. The average Bonchev–Trinajstić information content (AvgIpc) is 3.36. The molecule has 1 N–H and O–H groups in total. The predicted octanol–water partition coefficient (Wildman–Crippen LogP) is 2.56. The minimum Gasteiger partial charge on any atom is -0.484 e. The lowest BCUT2D eigenvalue weighted by atomic mass is 10.3. The smallest absolute Gasteiger partial charge is 0.328 e. The van der Waals surface area contributed by atoms with Crippen LogP contribution in [0.2, 0.25) is 0 Å². The third kappa shape index (κ3) is 5.21. The minimum absolute atomic E-state index is 0.0796. The van der Waals surface area contributed by atoms with E-state index in [2.05, 4.69) is 10.5 Å². The molecule has 1 amide bonds. The molecule has 0 aliphatic carbocycles. The number of benzene rings is 1. The SMILES string of the molecule is C[C@H](NC(=O)COc1ccccc1)C(=O)OCc1cc(-c2ccco2)on1. The molecule has 2 heterocycles. The molecule has 8 heteroatoms. The van der Waals surface area contributed by atoms with E-state index < -0.39 is 17.9 Å². The number of amides is 1. The number of aromatic nitrogens is 1. The molecule has 3 aromatic rings. The second kappa shape index (κ2) is 8.70. The minimum atomic E-state index is -0.826. The van der Waals surface area contributed by atoms with Crippen LogP contribution in [0, 0.1) is 0 Å². The van der Waals surface area contributed by atoms with Gasteiger partial charge in [0.2, 0.25) is 5.76 Å². The number of furan rings is 1. The number of ether oxygens (including phenoxy) is 2. The Bertz CT molecular complexity index is 873. The summed E-state index contributed by atoms with van der Waals surface area (Å²) in [5.74, 6) is 0.515. The average molecular weight is 370 g/mol. The molecule has 0 unspecified atom stereocenters. The Morgan fingerprint density at radius 1 is 1.15 bits per heavy atom. The Kier molecular flexibility index (Phi) is 5.88. The van der Waals surface area contributed by atoms with Crippen molar-refractivity contribution in [2.75, 3.05) is 6.61 Å². The molecular weight excluding hydrogens is 352 g/mol. The quantitative estimate of drug-likeness (QED) is 0.608. The molecule has 0 aliphatic heterocycles. The Morgan fingerprint density at radius 3 is 2.70 bits per heavy atom. The number of rotatable bonds is 8. The van der Waals surface area contributed by atoms with Crippen molar-refractivity contribution in [1.29, 1.82) is 0 Å².